The van der Waals surface area contributed by atoms with E-state index in [2.05, 4.69) is 4.72 Å². The first kappa shape index (κ1) is 16.3. The van der Waals surface area contributed by atoms with Crippen molar-refractivity contribution in [3.63, 3.8) is 0 Å². The van der Waals surface area contributed by atoms with Crippen LogP contribution >= 0.6 is 0 Å². The summed E-state index contributed by atoms with van der Waals surface area (Å²) in [5.74, 6) is 0.525. The fourth-order valence-electron chi connectivity index (χ4n) is 2.65. The zero-order chi connectivity index (χ0) is 15.3. The molecule has 0 bridgehead atoms. The number of nitrogens with one attached hydrogen (secondary N) is 1. The zero-order valence-electron chi connectivity index (χ0n) is 12.3. The van der Waals surface area contributed by atoms with Gasteiger partial charge in [0.05, 0.1) is 18.1 Å². The number of hydrogen-bond acceptors (Lipinski definition) is 4. The van der Waals surface area contributed by atoms with Crippen LogP contribution in [0.1, 0.15) is 44.6 Å². The molecule has 0 aliphatic heterocycles. The molecule has 1 aliphatic rings. The van der Waals surface area contributed by atoms with Gasteiger partial charge in [0.1, 0.15) is 5.75 Å². The number of ether oxygens (including phenoxy) is 1. The lowest BCUT2D eigenvalue weighted by atomic mass is 9.96. The summed E-state index contributed by atoms with van der Waals surface area (Å²) in [6.07, 6.45) is 5.10. The van der Waals surface area contributed by atoms with Crippen LogP contribution in [0.25, 0.3) is 0 Å². The zero-order valence-corrected chi connectivity index (χ0v) is 13.2. The van der Waals surface area contributed by atoms with Crippen LogP contribution in [-0.2, 0) is 16.6 Å². The minimum atomic E-state index is -3.54. The van der Waals surface area contributed by atoms with Gasteiger partial charge in [-0.25, -0.2) is 13.1 Å². The summed E-state index contributed by atoms with van der Waals surface area (Å²) < 4.78 is 32.9. The summed E-state index contributed by atoms with van der Waals surface area (Å²) in [4.78, 5) is 0.181. The first-order valence-electron chi connectivity index (χ1n) is 7.45. The minimum Gasteiger partial charge on any atom is -0.494 e. The average molecular weight is 313 g/mol. The van der Waals surface area contributed by atoms with Crippen LogP contribution in [0.3, 0.4) is 0 Å². The van der Waals surface area contributed by atoms with Gasteiger partial charge < -0.3 is 9.84 Å². The monoisotopic (exact) mass is 313 g/mol. The molecular weight excluding hydrogens is 290 g/mol. The van der Waals surface area contributed by atoms with Crippen molar-refractivity contribution in [3.05, 3.63) is 23.8 Å². The molecule has 2 rings (SSSR count). The molecule has 0 heterocycles. The Hall–Kier alpha value is -1.11. The molecule has 1 aromatic rings. The fraction of sp³-hybridized carbons (Fsp3) is 0.600. The van der Waals surface area contributed by atoms with Crippen LogP contribution < -0.4 is 9.46 Å². The van der Waals surface area contributed by atoms with Crippen molar-refractivity contribution in [2.45, 2.75) is 56.6 Å². The SMILES string of the molecule is CCOc1ccc(S(=O)(=O)NC2CCCCC2)cc1CO. The van der Waals surface area contributed by atoms with Crippen molar-refractivity contribution in [2.24, 2.45) is 0 Å². The highest BCUT2D eigenvalue weighted by molar-refractivity contribution is 7.89. The molecule has 1 aliphatic carbocycles. The van der Waals surface area contributed by atoms with E-state index in [9.17, 15) is 13.5 Å². The quantitative estimate of drug-likeness (QED) is 0.844. The Morgan fingerprint density at radius 1 is 1.29 bits per heavy atom. The van der Waals surface area contributed by atoms with Crippen molar-refractivity contribution in [2.75, 3.05) is 6.61 Å². The van der Waals surface area contributed by atoms with Crippen molar-refractivity contribution in [1.82, 2.24) is 4.72 Å². The molecule has 0 amide bonds. The molecule has 0 saturated heterocycles. The van der Waals surface area contributed by atoms with Gasteiger partial charge in [-0.1, -0.05) is 19.3 Å². The third-order valence-electron chi connectivity index (χ3n) is 3.74. The van der Waals surface area contributed by atoms with Gasteiger partial charge in [-0.3, -0.25) is 0 Å². The second-order valence-electron chi connectivity index (χ2n) is 5.32. The highest BCUT2D eigenvalue weighted by atomic mass is 32.2. The Labute approximate surface area is 126 Å². The molecule has 2 N–H and O–H groups in total. The van der Waals surface area contributed by atoms with Crippen LogP contribution in [0.5, 0.6) is 5.75 Å². The van der Waals surface area contributed by atoms with Crippen LogP contribution in [0.4, 0.5) is 0 Å². The molecular formula is C15H23NO4S. The van der Waals surface area contributed by atoms with E-state index in [1.54, 1.807) is 6.07 Å². The first-order valence-corrected chi connectivity index (χ1v) is 8.94. The number of aliphatic hydroxyl groups is 1. The highest BCUT2D eigenvalue weighted by Gasteiger charge is 2.22. The average Bonchev–Trinajstić information content (AvgIpc) is 2.48. The van der Waals surface area contributed by atoms with Gasteiger partial charge >= 0.3 is 0 Å². The maximum Gasteiger partial charge on any atom is 0.240 e. The van der Waals surface area contributed by atoms with Gasteiger partial charge in [0.25, 0.3) is 0 Å². The fourth-order valence-corrected chi connectivity index (χ4v) is 4.01. The lowest BCUT2D eigenvalue weighted by molar-refractivity contribution is 0.266. The van der Waals surface area contributed by atoms with Crippen molar-refractivity contribution in [1.29, 1.82) is 0 Å². The summed E-state index contributed by atoms with van der Waals surface area (Å²) in [6, 6.07) is 4.63. The number of aliphatic hydroxyl groups excluding tert-OH is 1. The lowest BCUT2D eigenvalue weighted by Crippen LogP contribution is -2.36. The van der Waals surface area contributed by atoms with E-state index in [1.807, 2.05) is 6.92 Å². The first-order chi connectivity index (χ1) is 10.1. The maximum atomic E-state index is 12.4. The number of rotatable bonds is 6. The van der Waals surface area contributed by atoms with E-state index in [0.717, 1.165) is 25.7 Å². The van der Waals surface area contributed by atoms with E-state index in [4.69, 9.17) is 4.74 Å². The number of benzene rings is 1. The smallest absolute Gasteiger partial charge is 0.240 e. The van der Waals surface area contributed by atoms with Gasteiger partial charge in [0.15, 0.2) is 0 Å². The van der Waals surface area contributed by atoms with E-state index in [0.29, 0.717) is 17.9 Å². The van der Waals surface area contributed by atoms with Crippen LogP contribution in [0.15, 0.2) is 23.1 Å². The normalized spacial score (nSPS) is 16.9. The van der Waals surface area contributed by atoms with Gasteiger partial charge in [0, 0.05) is 11.6 Å². The molecule has 0 radical (unpaired) electrons. The molecule has 0 spiro atoms. The van der Waals surface area contributed by atoms with E-state index in [-0.39, 0.29) is 17.5 Å². The Morgan fingerprint density at radius 3 is 2.62 bits per heavy atom. The molecule has 1 saturated carbocycles. The van der Waals surface area contributed by atoms with Gasteiger partial charge in [0.2, 0.25) is 10.0 Å². The van der Waals surface area contributed by atoms with Crippen molar-refractivity contribution >= 4 is 10.0 Å². The maximum absolute atomic E-state index is 12.4. The Morgan fingerprint density at radius 2 is 2.00 bits per heavy atom. The minimum absolute atomic E-state index is 0.0212. The third-order valence-corrected chi connectivity index (χ3v) is 5.26. The van der Waals surface area contributed by atoms with Crippen LogP contribution in [0.2, 0.25) is 0 Å². The Kier molecular flexibility index (Phi) is 5.61. The van der Waals surface area contributed by atoms with E-state index < -0.39 is 10.0 Å². The van der Waals surface area contributed by atoms with Gasteiger partial charge in [-0.15, -0.1) is 0 Å². The number of hydrogen-bond donors (Lipinski definition) is 2. The van der Waals surface area contributed by atoms with Gasteiger partial charge in [-0.05, 0) is 38.0 Å². The van der Waals surface area contributed by atoms with E-state index in [1.165, 1.54) is 18.6 Å². The predicted octanol–water partition coefficient (Wildman–Crippen LogP) is 2.19. The second-order valence-corrected chi connectivity index (χ2v) is 7.03. The molecule has 0 atom stereocenters. The molecule has 1 fully saturated rings. The summed E-state index contributed by atoms with van der Waals surface area (Å²) in [6.45, 7) is 2.07. The largest absolute Gasteiger partial charge is 0.494 e. The van der Waals surface area contributed by atoms with Crippen molar-refractivity contribution in [3.8, 4) is 5.75 Å². The molecule has 0 unspecified atom stereocenters. The van der Waals surface area contributed by atoms with Crippen LogP contribution in [0, 0.1) is 0 Å². The number of sulfonamides is 1. The molecule has 6 heteroatoms. The summed E-state index contributed by atoms with van der Waals surface area (Å²) >= 11 is 0. The molecule has 5 nitrogen and oxygen atoms in total. The summed E-state index contributed by atoms with van der Waals surface area (Å²) in [5.41, 5.74) is 0.489. The van der Waals surface area contributed by atoms with Gasteiger partial charge in [-0.2, -0.15) is 0 Å². The topological polar surface area (TPSA) is 75.6 Å². The van der Waals surface area contributed by atoms with Crippen LogP contribution in [-0.4, -0.2) is 26.2 Å². The standard InChI is InChI=1S/C15H23NO4S/c1-2-20-15-9-8-14(10-12(15)11-17)21(18,19)16-13-6-4-3-5-7-13/h8-10,13,16-17H,2-7,11H2,1H3. The van der Waals surface area contributed by atoms with Crippen molar-refractivity contribution < 1.29 is 18.3 Å². The molecule has 21 heavy (non-hydrogen) atoms. The Balaban J connectivity index is 2.18. The lowest BCUT2D eigenvalue weighted by Gasteiger charge is -2.22. The Bertz CT molecular complexity index is 565. The third kappa shape index (κ3) is 4.18. The summed E-state index contributed by atoms with van der Waals surface area (Å²) in [7, 11) is -3.54. The molecule has 1 aromatic carbocycles. The summed E-state index contributed by atoms with van der Waals surface area (Å²) in [5, 5.41) is 9.36. The second kappa shape index (κ2) is 7.24. The predicted molar refractivity (Wildman–Crippen MR) is 80.7 cm³/mol. The molecule has 118 valence electrons. The highest BCUT2D eigenvalue weighted by Crippen LogP contribution is 2.24. The molecule has 0 aromatic heterocycles. The van der Waals surface area contributed by atoms with E-state index >= 15 is 0 Å².